The molecule has 0 amide bonds. The maximum absolute atomic E-state index is 11.6. The number of fused-ring (bicyclic) bond motifs is 1. The number of aryl methyl sites for hydroxylation is 1. The zero-order valence-corrected chi connectivity index (χ0v) is 19.2. The molecular weight excluding hydrogens is 404 g/mol. The molecule has 2 unspecified atom stereocenters. The van der Waals surface area contributed by atoms with Gasteiger partial charge >= 0.3 is 5.97 Å². The fourth-order valence-electron chi connectivity index (χ4n) is 4.38. The molecule has 1 aliphatic carbocycles. The van der Waals surface area contributed by atoms with Crippen LogP contribution >= 0.6 is 0 Å². The molecule has 2 N–H and O–H groups in total. The highest BCUT2D eigenvalue weighted by Gasteiger charge is 2.28. The third-order valence-electron chi connectivity index (χ3n) is 6.14. The van der Waals surface area contributed by atoms with Crippen LogP contribution in [0.1, 0.15) is 50.8 Å². The lowest BCUT2D eigenvalue weighted by Gasteiger charge is -2.27. The number of nitrogens with one attached hydrogen (secondary N) is 1. The summed E-state index contributed by atoms with van der Waals surface area (Å²) in [7, 11) is 1.65. The topological polar surface area (TPSA) is 84.4 Å². The second-order valence-corrected chi connectivity index (χ2v) is 8.91. The second-order valence-electron chi connectivity index (χ2n) is 8.91. The lowest BCUT2D eigenvalue weighted by molar-refractivity contribution is -0.141. The van der Waals surface area contributed by atoms with Gasteiger partial charge in [-0.3, -0.25) is 4.79 Å². The molecule has 0 bridgehead atoms. The Morgan fingerprint density at radius 2 is 1.97 bits per heavy atom. The Bertz CT molecular complexity index is 1190. The molecule has 2 aromatic heterocycles. The number of hydrogen-bond donors (Lipinski definition) is 2. The number of carboxylic acid groups (broad SMARTS) is 1. The van der Waals surface area contributed by atoms with Crippen LogP contribution in [0.5, 0.6) is 11.5 Å². The minimum absolute atomic E-state index is 0.211. The minimum atomic E-state index is -0.814. The maximum atomic E-state index is 11.6. The lowest BCUT2D eigenvalue weighted by atomic mass is 9.89. The van der Waals surface area contributed by atoms with E-state index in [9.17, 15) is 9.90 Å². The molecule has 6 nitrogen and oxygen atoms in total. The van der Waals surface area contributed by atoms with Crippen molar-refractivity contribution in [2.24, 2.45) is 5.92 Å². The molecule has 1 aromatic carbocycles. The number of nitrogens with zero attached hydrogens (tertiary/aromatic N) is 1. The van der Waals surface area contributed by atoms with Crippen LogP contribution in [0.15, 0.2) is 42.0 Å². The molecule has 6 heteroatoms. The van der Waals surface area contributed by atoms with Gasteiger partial charge in [0.2, 0.25) is 0 Å². The normalized spacial score (nSPS) is 18.6. The first kappa shape index (κ1) is 21.9. The smallest absolute Gasteiger partial charge is 0.310 e. The van der Waals surface area contributed by atoms with E-state index < -0.39 is 11.9 Å². The average Bonchev–Trinajstić information content (AvgIpc) is 3.24. The molecule has 168 valence electrons. The van der Waals surface area contributed by atoms with E-state index in [1.807, 2.05) is 44.2 Å². The van der Waals surface area contributed by atoms with Crippen molar-refractivity contribution in [3.63, 3.8) is 0 Å². The fraction of sp³-hybridized carbons (Fsp3) is 0.385. The SMILES string of the molecule is COc1ccc2c(OC3CC(C)=CC(C(=O)O)C3)cc(-c3ccc(C(C)C)[nH]3)nc2c1C. The molecule has 0 spiro atoms. The first-order valence-electron chi connectivity index (χ1n) is 11.0. The maximum Gasteiger partial charge on any atom is 0.310 e. The highest BCUT2D eigenvalue weighted by Crippen LogP contribution is 2.37. The van der Waals surface area contributed by atoms with E-state index in [4.69, 9.17) is 14.5 Å². The predicted molar refractivity (Wildman–Crippen MR) is 125 cm³/mol. The summed E-state index contributed by atoms with van der Waals surface area (Å²) in [6.45, 7) is 8.24. The highest BCUT2D eigenvalue weighted by atomic mass is 16.5. The summed E-state index contributed by atoms with van der Waals surface area (Å²) >= 11 is 0. The zero-order chi connectivity index (χ0) is 23.0. The molecule has 0 saturated heterocycles. The number of pyridine rings is 1. The largest absolute Gasteiger partial charge is 0.496 e. The van der Waals surface area contributed by atoms with Crippen molar-refractivity contribution in [1.82, 2.24) is 9.97 Å². The third kappa shape index (κ3) is 4.22. The minimum Gasteiger partial charge on any atom is -0.496 e. The van der Waals surface area contributed by atoms with E-state index in [0.29, 0.717) is 24.5 Å². The van der Waals surface area contributed by atoms with E-state index in [2.05, 4.69) is 24.9 Å². The summed E-state index contributed by atoms with van der Waals surface area (Å²) in [6, 6.07) is 9.95. The quantitative estimate of drug-likeness (QED) is 0.475. The summed E-state index contributed by atoms with van der Waals surface area (Å²) in [6.07, 6.45) is 2.77. The van der Waals surface area contributed by atoms with Gasteiger partial charge in [0.05, 0.1) is 29.9 Å². The van der Waals surface area contributed by atoms with Gasteiger partial charge in [0.15, 0.2) is 0 Å². The van der Waals surface area contributed by atoms with Gasteiger partial charge in [-0.05, 0) is 44.0 Å². The summed E-state index contributed by atoms with van der Waals surface area (Å²) in [5.74, 6) is 0.517. The van der Waals surface area contributed by atoms with Crippen LogP contribution in [0.2, 0.25) is 0 Å². The van der Waals surface area contributed by atoms with Crippen LogP contribution in [0, 0.1) is 12.8 Å². The number of hydrogen-bond acceptors (Lipinski definition) is 4. The Morgan fingerprint density at radius 1 is 1.19 bits per heavy atom. The molecule has 4 rings (SSSR count). The second kappa shape index (κ2) is 8.69. The van der Waals surface area contributed by atoms with Crippen LogP contribution in [0.4, 0.5) is 0 Å². The first-order chi connectivity index (χ1) is 15.3. The van der Waals surface area contributed by atoms with Gasteiger partial charge in [0.1, 0.15) is 17.6 Å². The van der Waals surface area contributed by atoms with E-state index in [1.54, 1.807) is 7.11 Å². The van der Waals surface area contributed by atoms with Crippen LogP contribution in [-0.2, 0) is 4.79 Å². The molecule has 0 radical (unpaired) electrons. The standard InChI is InChI=1S/C26H30N2O4/c1-14(2)20-7-8-21(27-20)22-13-24(19-6-9-23(31-5)16(4)25(19)28-22)32-18-11-15(3)10-17(12-18)26(29)30/h6-10,13-14,17-18,27H,11-12H2,1-5H3,(H,29,30). The number of carbonyl (C=O) groups is 1. The molecule has 3 aromatic rings. The summed E-state index contributed by atoms with van der Waals surface area (Å²) in [5.41, 5.74) is 5.64. The van der Waals surface area contributed by atoms with Crippen molar-refractivity contribution in [1.29, 1.82) is 0 Å². The van der Waals surface area contributed by atoms with E-state index >= 15 is 0 Å². The first-order valence-corrected chi connectivity index (χ1v) is 11.0. The number of benzene rings is 1. The fourth-order valence-corrected chi connectivity index (χ4v) is 4.38. The number of ether oxygens (including phenoxy) is 2. The number of aromatic nitrogens is 2. The zero-order valence-electron chi connectivity index (χ0n) is 19.2. The molecule has 0 saturated carbocycles. The summed E-state index contributed by atoms with van der Waals surface area (Å²) in [5, 5.41) is 10.4. The molecule has 1 aliphatic rings. The summed E-state index contributed by atoms with van der Waals surface area (Å²) in [4.78, 5) is 20.0. The lowest BCUT2D eigenvalue weighted by Crippen LogP contribution is -2.28. The highest BCUT2D eigenvalue weighted by molar-refractivity contribution is 5.91. The van der Waals surface area contributed by atoms with Crippen molar-refractivity contribution < 1.29 is 19.4 Å². The van der Waals surface area contributed by atoms with E-state index in [-0.39, 0.29) is 6.10 Å². The van der Waals surface area contributed by atoms with Gasteiger partial charge < -0.3 is 19.6 Å². The number of carboxylic acids is 1. The van der Waals surface area contributed by atoms with Gasteiger partial charge in [0.25, 0.3) is 0 Å². The Hall–Kier alpha value is -3.28. The molecule has 0 aliphatic heterocycles. The van der Waals surface area contributed by atoms with Crippen LogP contribution < -0.4 is 9.47 Å². The average molecular weight is 435 g/mol. The van der Waals surface area contributed by atoms with Crippen molar-refractivity contribution in [3.05, 3.63) is 53.2 Å². The monoisotopic (exact) mass is 434 g/mol. The van der Waals surface area contributed by atoms with Crippen LogP contribution in [0.3, 0.4) is 0 Å². The number of aromatic amines is 1. The molecule has 32 heavy (non-hydrogen) atoms. The van der Waals surface area contributed by atoms with E-state index in [1.165, 1.54) is 0 Å². The predicted octanol–water partition coefficient (Wildman–Crippen LogP) is 5.86. The van der Waals surface area contributed by atoms with Crippen molar-refractivity contribution in [3.8, 4) is 22.9 Å². The Labute approximate surface area is 188 Å². The van der Waals surface area contributed by atoms with Gasteiger partial charge in [-0.1, -0.05) is 25.5 Å². The number of methoxy groups -OCH3 is 1. The molecule has 2 heterocycles. The van der Waals surface area contributed by atoms with E-state index in [0.717, 1.165) is 44.9 Å². The number of H-pyrrole nitrogens is 1. The number of aliphatic carboxylic acids is 1. The molecule has 2 atom stereocenters. The van der Waals surface area contributed by atoms with Gasteiger partial charge in [-0.25, -0.2) is 4.98 Å². The third-order valence-corrected chi connectivity index (χ3v) is 6.14. The summed E-state index contributed by atoms with van der Waals surface area (Å²) < 4.78 is 12.0. The molecular formula is C26H30N2O4. The van der Waals surface area contributed by atoms with Gasteiger partial charge in [-0.2, -0.15) is 0 Å². The van der Waals surface area contributed by atoms with Crippen molar-refractivity contribution in [2.75, 3.05) is 7.11 Å². The van der Waals surface area contributed by atoms with Crippen molar-refractivity contribution >= 4 is 16.9 Å². The Kier molecular flexibility index (Phi) is 5.96. The van der Waals surface area contributed by atoms with Gasteiger partial charge in [0, 0.05) is 35.6 Å². The van der Waals surface area contributed by atoms with Crippen molar-refractivity contribution in [2.45, 2.75) is 52.6 Å². The Balaban J connectivity index is 1.80. The molecule has 0 fully saturated rings. The Morgan fingerprint density at radius 3 is 2.62 bits per heavy atom. The van der Waals surface area contributed by atoms with Gasteiger partial charge in [-0.15, -0.1) is 0 Å². The number of rotatable bonds is 6. The van der Waals surface area contributed by atoms with Crippen LogP contribution in [0.25, 0.3) is 22.3 Å². The van der Waals surface area contributed by atoms with Crippen LogP contribution in [-0.4, -0.2) is 34.3 Å².